The molecule has 0 saturated carbocycles. The average Bonchev–Trinajstić information content (AvgIpc) is 3.15. The zero-order valence-corrected chi connectivity index (χ0v) is 14.1. The van der Waals surface area contributed by atoms with Gasteiger partial charge in [0.2, 0.25) is 0 Å². The average molecular weight is 374 g/mol. The lowest BCUT2D eigenvalue weighted by Gasteiger charge is -2.09. The van der Waals surface area contributed by atoms with E-state index >= 15 is 0 Å². The van der Waals surface area contributed by atoms with Gasteiger partial charge < -0.3 is 14.3 Å². The lowest BCUT2D eigenvalue weighted by Crippen LogP contribution is -2.33. The van der Waals surface area contributed by atoms with Gasteiger partial charge in [-0.15, -0.1) is 11.8 Å². The molecular weight excluding hydrogens is 361 g/mol. The minimum atomic E-state index is -0.858. The quantitative estimate of drug-likeness (QED) is 0.826. The molecule has 8 heteroatoms. The van der Waals surface area contributed by atoms with Crippen LogP contribution >= 0.6 is 35.0 Å². The Morgan fingerprint density at radius 3 is 2.74 bits per heavy atom. The molecule has 0 bridgehead atoms. The summed E-state index contributed by atoms with van der Waals surface area (Å²) in [5, 5.41) is 12.7. The molecule has 5 nitrogen and oxygen atoms in total. The van der Waals surface area contributed by atoms with E-state index in [1.54, 1.807) is 24.3 Å². The van der Waals surface area contributed by atoms with Crippen LogP contribution in [-0.4, -0.2) is 22.9 Å². The Morgan fingerprint density at radius 2 is 2.09 bits per heavy atom. The van der Waals surface area contributed by atoms with Gasteiger partial charge in [0, 0.05) is 5.75 Å². The molecule has 0 spiro atoms. The fourth-order valence-corrected chi connectivity index (χ4v) is 3.84. The second-order valence-electron chi connectivity index (χ2n) is 4.91. The molecule has 0 unspecified atom stereocenters. The molecule has 0 amide bonds. The Labute approximate surface area is 146 Å². The van der Waals surface area contributed by atoms with Crippen molar-refractivity contribution >= 4 is 40.9 Å². The van der Waals surface area contributed by atoms with Crippen LogP contribution in [0.15, 0.2) is 34.7 Å². The predicted octanol–water partition coefficient (Wildman–Crippen LogP) is 3.95. The molecular formula is C15H13Cl2NO4S. The monoisotopic (exact) mass is 373 g/mol. The zero-order chi connectivity index (χ0) is 16.4. The van der Waals surface area contributed by atoms with Crippen molar-refractivity contribution in [3.8, 4) is 5.75 Å². The Morgan fingerprint density at radius 1 is 1.35 bits per heavy atom. The number of para-hydroxylation sites is 1. The highest BCUT2D eigenvalue weighted by molar-refractivity contribution is 7.99. The number of rotatable bonds is 5. The van der Waals surface area contributed by atoms with Gasteiger partial charge in [-0.25, -0.2) is 0 Å². The maximum Gasteiger partial charge on any atom is 0.321 e. The summed E-state index contributed by atoms with van der Waals surface area (Å²) in [4.78, 5) is 11.0. The third-order valence-corrected chi connectivity index (χ3v) is 5.12. The van der Waals surface area contributed by atoms with Crippen molar-refractivity contribution in [3.05, 3.63) is 51.9 Å². The molecule has 1 aliphatic heterocycles. The molecule has 2 N–H and O–H groups in total. The molecule has 0 aliphatic carbocycles. The molecule has 2 aromatic rings. The standard InChI is InChI=1S/C15H13Cl2NO4S/c16-9-2-1-3-10(17)13(9)21-6-8-4-5-12(22-8)14-18-11(7-23-14)15(19)20/h1-5,11,14,18H,6-7H2,(H,19,20)/t11-,14+/m0/s1. The van der Waals surface area contributed by atoms with E-state index in [1.807, 2.05) is 6.07 Å². The van der Waals surface area contributed by atoms with Crippen molar-refractivity contribution in [3.63, 3.8) is 0 Å². The lowest BCUT2D eigenvalue weighted by atomic mass is 10.3. The summed E-state index contributed by atoms with van der Waals surface area (Å²) in [6.07, 6.45) is 0. The van der Waals surface area contributed by atoms with Gasteiger partial charge in [-0.1, -0.05) is 29.3 Å². The van der Waals surface area contributed by atoms with Crippen molar-refractivity contribution in [1.82, 2.24) is 5.32 Å². The Hall–Kier alpha value is -1.34. The number of hydrogen-bond acceptors (Lipinski definition) is 5. The number of carboxylic acid groups (broad SMARTS) is 1. The molecule has 1 aromatic carbocycles. The van der Waals surface area contributed by atoms with Crippen LogP contribution in [0.3, 0.4) is 0 Å². The number of thioether (sulfide) groups is 1. The first-order chi connectivity index (χ1) is 11.0. The molecule has 1 fully saturated rings. The minimum Gasteiger partial charge on any atom is -0.483 e. The van der Waals surface area contributed by atoms with Crippen LogP contribution in [0.1, 0.15) is 16.9 Å². The van der Waals surface area contributed by atoms with E-state index in [0.717, 1.165) is 0 Å². The molecule has 23 heavy (non-hydrogen) atoms. The highest BCUT2D eigenvalue weighted by Crippen LogP contribution is 2.35. The highest BCUT2D eigenvalue weighted by Gasteiger charge is 2.32. The third kappa shape index (κ3) is 3.77. The van der Waals surface area contributed by atoms with Gasteiger partial charge >= 0.3 is 5.97 Å². The summed E-state index contributed by atoms with van der Waals surface area (Å²) in [6, 6.07) is 8.17. The van der Waals surface area contributed by atoms with E-state index in [9.17, 15) is 4.79 Å². The van der Waals surface area contributed by atoms with Crippen molar-refractivity contribution in [2.24, 2.45) is 0 Å². The largest absolute Gasteiger partial charge is 0.483 e. The highest BCUT2D eigenvalue weighted by atomic mass is 35.5. The predicted molar refractivity (Wildman–Crippen MR) is 89.3 cm³/mol. The van der Waals surface area contributed by atoms with Gasteiger partial charge in [-0.2, -0.15) is 0 Å². The van der Waals surface area contributed by atoms with Gasteiger partial charge in [-0.3, -0.25) is 10.1 Å². The second-order valence-corrected chi connectivity index (χ2v) is 6.87. The van der Waals surface area contributed by atoms with Crippen molar-refractivity contribution < 1.29 is 19.1 Å². The summed E-state index contributed by atoms with van der Waals surface area (Å²) in [5.41, 5.74) is 0. The molecule has 1 aliphatic rings. The normalized spacial score (nSPS) is 20.6. The van der Waals surface area contributed by atoms with Crippen LogP contribution in [0.25, 0.3) is 0 Å². The van der Waals surface area contributed by atoms with E-state index in [1.165, 1.54) is 11.8 Å². The number of ether oxygens (including phenoxy) is 1. The van der Waals surface area contributed by atoms with Gasteiger partial charge in [0.1, 0.15) is 29.5 Å². The number of hydrogen-bond donors (Lipinski definition) is 2. The van der Waals surface area contributed by atoms with Crippen LogP contribution in [0.4, 0.5) is 0 Å². The minimum absolute atomic E-state index is 0.172. The first-order valence-electron chi connectivity index (χ1n) is 6.80. The van der Waals surface area contributed by atoms with Crippen molar-refractivity contribution in [2.75, 3.05) is 5.75 Å². The molecule has 2 atom stereocenters. The zero-order valence-electron chi connectivity index (χ0n) is 11.8. The first kappa shape index (κ1) is 16.5. The van der Waals surface area contributed by atoms with E-state index < -0.39 is 12.0 Å². The first-order valence-corrected chi connectivity index (χ1v) is 8.61. The maximum absolute atomic E-state index is 11.0. The van der Waals surface area contributed by atoms with Crippen LogP contribution in [0.5, 0.6) is 5.75 Å². The number of benzene rings is 1. The van der Waals surface area contributed by atoms with E-state index in [0.29, 0.717) is 33.1 Å². The Balaban J connectivity index is 1.63. The number of carbonyl (C=O) groups is 1. The summed E-state index contributed by atoms with van der Waals surface area (Å²) < 4.78 is 11.3. The van der Waals surface area contributed by atoms with E-state index in [2.05, 4.69) is 5.32 Å². The fraction of sp³-hybridized carbons (Fsp3) is 0.267. The summed E-state index contributed by atoms with van der Waals surface area (Å²) in [6.45, 7) is 0.184. The Kier molecular flexibility index (Phi) is 5.06. The van der Waals surface area contributed by atoms with Gasteiger partial charge in [0.05, 0.1) is 10.0 Å². The van der Waals surface area contributed by atoms with Crippen LogP contribution in [-0.2, 0) is 11.4 Å². The van der Waals surface area contributed by atoms with Gasteiger partial charge in [0.25, 0.3) is 0 Å². The van der Waals surface area contributed by atoms with Crippen LogP contribution in [0.2, 0.25) is 10.0 Å². The van der Waals surface area contributed by atoms with Crippen LogP contribution < -0.4 is 10.1 Å². The van der Waals surface area contributed by atoms with Gasteiger partial charge in [0.15, 0.2) is 5.75 Å². The summed E-state index contributed by atoms with van der Waals surface area (Å²) in [5.74, 6) is 1.33. The molecule has 2 heterocycles. The second kappa shape index (κ2) is 7.05. The van der Waals surface area contributed by atoms with E-state index in [4.69, 9.17) is 37.5 Å². The SMILES string of the molecule is O=C(O)[C@@H]1CS[C@H](c2ccc(COc3c(Cl)cccc3Cl)o2)N1. The van der Waals surface area contributed by atoms with E-state index in [-0.39, 0.29) is 12.0 Å². The number of aliphatic carboxylic acids is 1. The Bertz CT molecular complexity index is 701. The summed E-state index contributed by atoms with van der Waals surface area (Å²) in [7, 11) is 0. The molecule has 122 valence electrons. The number of furan rings is 1. The smallest absolute Gasteiger partial charge is 0.321 e. The molecule has 0 radical (unpaired) electrons. The third-order valence-electron chi connectivity index (χ3n) is 3.30. The maximum atomic E-state index is 11.0. The number of carboxylic acids is 1. The lowest BCUT2D eigenvalue weighted by molar-refractivity contribution is -0.138. The van der Waals surface area contributed by atoms with Crippen molar-refractivity contribution in [2.45, 2.75) is 18.0 Å². The van der Waals surface area contributed by atoms with Gasteiger partial charge in [-0.05, 0) is 24.3 Å². The summed E-state index contributed by atoms with van der Waals surface area (Å²) >= 11 is 13.6. The molecule has 1 aromatic heterocycles. The molecule has 3 rings (SSSR count). The fourth-order valence-electron chi connectivity index (χ4n) is 2.15. The topological polar surface area (TPSA) is 71.7 Å². The number of nitrogens with one attached hydrogen (secondary N) is 1. The van der Waals surface area contributed by atoms with Crippen molar-refractivity contribution in [1.29, 1.82) is 0 Å². The van der Waals surface area contributed by atoms with Crippen LogP contribution in [0, 0.1) is 0 Å². The number of halogens is 2. The molecule has 1 saturated heterocycles.